The first-order valence-corrected chi connectivity index (χ1v) is 9.82. The molecule has 0 radical (unpaired) electrons. The Balaban J connectivity index is 1.74. The van der Waals surface area contributed by atoms with Crippen LogP contribution in [0.5, 0.6) is 17.2 Å². The molecule has 7 heteroatoms. The van der Waals surface area contributed by atoms with E-state index in [-0.39, 0.29) is 5.52 Å². The molecule has 0 fully saturated rings. The first kappa shape index (κ1) is 20.3. The SMILES string of the molecule is CCOc1cc(CCl)cc(Oc2ccc3nc4c(C(F)(F)F)cccc4cc3c2)c1. The zero-order valence-electron chi connectivity index (χ0n) is 16.0. The van der Waals surface area contributed by atoms with Crippen molar-refractivity contribution < 1.29 is 22.6 Å². The summed E-state index contributed by atoms with van der Waals surface area (Å²) in [4.78, 5) is 4.25. The van der Waals surface area contributed by atoms with Crippen LogP contribution in [0.1, 0.15) is 18.1 Å². The fraction of sp³-hybridized carbons (Fsp3) is 0.174. The number of nitrogens with zero attached hydrogens (tertiary/aromatic N) is 1. The summed E-state index contributed by atoms with van der Waals surface area (Å²) < 4.78 is 51.4. The van der Waals surface area contributed by atoms with Gasteiger partial charge in [-0.3, -0.25) is 0 Å². The Morgan fingerprint density at radius 2 is 1.70 bits per heavy atom. The molecule has 0 aliphatic rings. The van der Waals surface area contributed by atoms with E-state index in [4.69, 9.17) is 21.1 Å². The van der Waals surface area contributed by atoms with E-state index in [2.05, 4.69) is 4.98 Å². The Kier molecular flexibility index (Phi) is 5.43. The maximum absolute atomic E-state index is 13.3. The van der Waals surface area contributed by atoms with Gasteiger partial charge in [0.25, 0.3) is 0 Å². The summed E-state index contributed by atoms with van der Waals surface area (Å²) in [7, 11) is 0. The van der Waals surface area contributed by atoms with Crippen LogP contribution in [-0.2, 0) is 12.1 Å². The third-order valence-electron chi connectivity index (χ3n) is 4.56. The van der Waals surface area contributed by atoms with Gasteiger partial charge in [-0.2, -0.15) is 13.2 Å². The summed E-state index contributed by atoms with van der Waals surface area (Å²) in [6, 6.07) is 16.2. The molecule has 0 saturated heterocycles. The predicted molar refractivity (Wildman–Crippen MR) is 111 cm³/mol. The number of aromatic nitrogens is 1. The van der Waals surface area contributed by atoms with E-state index in [1.54, 1.807) is 36.4 Å². The van der Waals surface area contributed by atoms with Gasteiger partial charge in [0.15, 0.2) is 0 Å². The highest BCUT2D eigenvalue weighted by atomic mass is 35.5. The van der Waals surface area contributed by atoms with Gasteiger partial charge >= 0.3 is 6.18 Å². The summed E-state index contributed by atoms with van der Waals surface area (Å²) in [5, 5.41) is 1.09. The second kappa shape index (κ2) is 8.03. The molecule has 1 aromatic heterocycles. The van der Waals surface area contributed by atoms with Gasteiger partial charge in [-0.1, -0.05) is 12.1 Å². The second-order valence-corrected chi connectivity index (χ2v) is 6.97. The van der Waals surface area contributed by atoms with Crippen LogP contribution in [0.3, 0.4) is 0 Å². The van der Waals surface area contributed by atoms with E-state index in [1.807, 2.05) is 19.1 Å². The molecule has 154 valence electrons. The summed E-state index contributed by atoms with van der Waals surface area (Å²) in [6.07, 6.45) is -4.46. The Morgan fingerprint density at radius 3 is 2.43 bits per heavy atom. The van der Waals surface area contributed by atoms with Crippen LogP contribution in [0.15, 0.2) is 60.7 Å². The zero-order chi connectivity index (χ0) is 21.3. The van der Waals surface area contributed by atoms with Gasteiger partial charge in [0, 0.05) is 22.7 Å². The lowest BCUT2D eigenvalue weighted by atomic mass is 10.1. The number of rotatable bonds is 5. The van der Waals surface area contributed by atoms with Crippen LogP contribution in [-0.4, -0.2) is 11.6 Å². The molecule has 4 aromatic rings. The molecule has 0 amide bonds. The number of halogens is 4. The maximum Gasteiger partial charge on any atom is 0.418 e. The number of alkyl halides is 4. The molecule has 30 heavy (non-hydrogen) atoms. The Labute approximate surface area is 176 Å². The monoisotopic (exact) mass is 431 g/mol. The first-order valence-electron chi connectivity index (χ1n) is 9.28. The van der Waals surface area contributed by atoms with Crippen LogP contribution in [0.25, 0.3) is 21.8 Å². The Bertz CT molecular complexity index is 1220. The number of para-hydroxylation sites is 1. The third-order valence-corrected chi connectivity index (χ3v) is 4.86. The smallest absolute Gasteiger partial charge is 0.418 e. The molecule has 0 aliphatic carbocycles. The summed E-state index contributed by atoms with van der Waals surface area (Å²) >= 11 is 5.95. The highest BCUT2D eigenvalue weighted by molar-refractivity contribution is 6.17. The van der Waals surface area contributed by atoms with Gasteiger partial charge in [-0.05, 0) is 55.0 Å². The number of benzene rings is 3. The average Bonchev–Trinajstić information content (AvgIpc) is 2.71. The molecule has 1 heterocycles. The van der Waals surface area contributed by atoms with E-state index < -0.39 is 11.7 Å². The summed E-state index contributed by atoms with van der Waals surface area (Å²) in [5.74, 6) is 2.06. The van der Waals surface area contributed by atoms with Crippen molar-refractivity contribution >= 4 is 33.4 Å². The molecule has 0 saturated carbocycles. The minimum Gasteiger partial charge on any atom is -0.494 e. The van der Waals surface area contributed by atoms with Crippen molar-refractivity contribution in [1.29, 1.82) is 0 Å². The summed E-state index contributed by atoms with van der Waals surface area (Å²) in [5.41, 5.74) is 0.493. The van der Waals surface area contributed by atoms with Gasteiger partial charge < -0.3 is 9.47 Å². The molecular weight excluding hydrogens is 415 g/mol. The fourth-order valence-electron chi connectivity index (χ4n) is 3.29. The number of hydrogen-bond donors (Lipinski definition) is 0. The lowest BCUT2D eigenvalue weighted by molar-refractivity contribution is -0.136. The molecule has 0 N–H and O–H groups in total. The van der Waals surface area contributed by atoms with Gasteiger partial charge in [0.2, 0.25) is 0 Å². The number of ether oxygens (including phenoxy) is 2. The van der Waals surface area contributed by atoms with Crippen LogP contribution in [0.4, 0.5) is 13.2 Å². The van der Waals surface area contributed by atoms with Crippen molar-refractivity contribution in [3.63, 3.8) is 0 Å². The Morgan fingerprint density at radius 1 is 0.900 bits per heavy atom. The average molecular weight is 432 g/mol. The minimum atomic E-state index is -4.46. The molecule has 0 spiro atoms. The molecule has 4 rings (SSSR count). The van der Waals surface area contributed by atoms with Gasteiger partial charge in [0.1, 0.15) is 17.2 Å². The lowest BCUT2D eigenvalue weighted by Gasteiger charge is -2.12. The van der Waals surface area contributed by atoms with Gasteiger partial charge in [-0.15, -0.1) is 11.6 Å². The van der Waals surface area contributed by atoms with Crippen molar-refractivity contribution in [2.24, 2.45) is 0 Å². The lowest BCUT2D eigenvalue weighted by Crippen LogP contribution is -2.06. The normalized spacial score (nSPS) is 11.8. The highest BCUT2D eigenvalue weighted by Crippen LogP contribution is 2.36. The molecule has 3 aromatic carbocycles. The maximum atomic E-state index is 13.3. The molecule has 0 atom stereocenters. The quantitative estimate of drug-likeness (QED) is 0.245. The number of fused-ring (bicyclic) bond motifs is 2. The third kappa shape index (κ3) is 4.14. The van der Waals surface area contributed by atoms with E-state index >= 15 is 0 Å². The van der Waals surface area contributed by atoms with Crippen molar-refractivity contribution in [3.05, 3.63) is 71.8 Å². The fourth-order valence-corrected chi connectivity index (χ4v) is 3.44. The van der Waals surface area contributed by atoms with Crippen LogP contribution in [0.2, 0.25) is 0 Å². The van der Waals surface area contributed by atoms with Crippen LogP contribution >= 0.6 is 11.6 Å². The standard InChI is InChI=1S/C23H17ClF3NO2/c1-2-29-18-8-14(13-24)9-19(12-18)30-17-6-7-21-16(11-17)10-15-4-3-5-20(22(15)28-21)23(25,26)27/h3-12H,2,13H2,1H3. The Hall–Kier alpha value is -2.99. The van der Waals surface area contributed by atoms with Crippen molar-refractivity contribution in [2.75, 3.05) is 6.61 Å². The number of pyridine rings is 1. The summed E-state index contributed by atoms with van der Waals surface area (Å²) in [6.45, 7) is 2.40. The number of hydrogen-bond acceptors (Lipinski definition) is 3. The van der Waals surface area contributed by atoms with E-state index in [0.717, 1.165) is 11.6 Å². The molecular formula is C23H17ClF3NO2. The minimum absolute atomic E-state index is 0.0673. The molecule has 3 nitrogen and oxygen atoms in total. The van der Waals surface area contributed by atoms with Crippen molar-refractivity contribution in [1.82, 2.24) is 4.98 Å². The zero-order valence-corrected chi connectivity index (χ0v) is 16.7. The van der Waals surface area contributed by atoms with Gasteiger partial charge in [0.05, 0.1) is 23.2 Å². The predicted octanol–water partition coefficient (Wildman–Crippen LogP) is 7.34. The van der Waals surface area contributed by atoms with Crippen molar-refractivity contribution in [2.45, 2.75) is 19.0 Å². The van der Waals surface area contributed by atoms with E-state index in [0.29, 0.717) is 46.0 Å². The van der Waals surface area contributed by atoms with Crippen molar-refractivity contribution in [3.8, 4) is 17.2 Å². The highest BCUT2D eigenvalue weighted by Gasteiger charge is 2.33. The first-order chi connectivity index (χ1) is 14.4. The van der Waals surface area contributed by atoms with Crippen LogP contribution < -0.4 is 9.47 Å². The van der Waals surface area contributed by atoms with E-state index in [9.17, 15) is 13.2 Å². The van der Waals surface area contributed by atoms with Crippen LogP contribution in [0, 0.1) is 0 Å². The second-order valence-electron chi connectivity index (χ2n) is 6.70. The molecule has 0 aliphatic heterocycles. The van der Waals surface area contributed by atoms with E-state index in [1.165, 1.54) is 6.07 Å². The largest absolute Gasteiger partial charge is 0.494 e. The van der Waals surface area contributed by atoms with Gasteiger partial charge in [-0.25, -0.2) is 4.98 Å². The molecule has 0 unspecified atom stereocenters. The topological polar surface area (TPSA) is 31.4 Å². The molecule has 0 bridgehead atoms.